The first-order valence-corrected chi connectivity index (χ1v) is 44.5. The predicted octanol–water partition coefficient (Wildman–Crippen LogP) is 27.4. The molecule has 0 amide bonds. The van der Waals surface area contributed by atoms with Crippen LogP contribution in [0.3, 0.4) is 0 Å². The van der Waals surface area contributed by atoms with Crippen molar-refractivity contribution in [2.24, 2.45) is 35.2 Å². The summed E-state index contributed by atoms with van der Waals surface area (Å²) in [5, 5.41) is 24.3. The molecule has 7 nitrogen and oxygen atoms in total. The molecule has 0 unspecified atom stereocenters. The second kappa shape index (κ2) is 34.7. The highest BCUT2D eigenvalue weighted by molar-refractivity contribution is 6.13. The lowest BCUT2D eigenvalue weighted by atomic mass is 9.90. The van der Waals surface area contributed by atoms with E-state index < -0.39 is 0 Å². The van der Waals surface area contributed by atoms with Crippen molar-refractivity contribution < 1.29 is 22.8 Å². The van der Waals surface area contributed by atoms with Crippen molar-refractivity contribution in [3.63, 3.8) is 0 Å². The summed E-state index contributed by atoms with van der Waals surface area (Å²) in [7, 11) is 10.7. The minimum absolute atomic E-state index is 1.05. The van der Waals surface area contributed by atoms with Crippen molar-refractivity contribution >= 4 is 119 Å². The van der Waals surface area contributed by atoms with E-state index in [4.69, 9.17) is 0 Å². The maximum atomic E-state index is 4.63. The van der Waals surface area contributed by atoms with Gasteiger partial charge in [0, 0.05) is 127 Å². The Morgan fingerprint density at radius 2 is 0.614 bits per heavy atom. The van der Waals surface area contributed by atoms with E-state index in [0.717, 1.165) is 11.0 Å². The number of hydrogen-bond acceptors (Lipinski definition) is 2. The number of rotatable bonds is 6. The third-order valence-corrected chi connectivity index (χ3v) is 26.5. The molecule has 0 spiro atoms. The first kappa shape index (κ1) is 81.9. The van der Waals surface area contributed by atoms with E-state index in [1.807, 2.05) is 12.4 Å². The number of para-hydroxylation sites is 1. The second-order valence-corrected chi connectivity index (χ2v) is 35.0. The molecule has 0 aliphatic heterocycles. The normalized spacial score (nSPS) is 11.9. The minimum Gasteiger partial charge on any atom is -0.256 e. The molecule has 616 valence electrons. The van der Waals surface area contributed by atoms with Crippen LogP contribution in [0.1, 0.15) is 68.5 Å². The molecule has 0 saturated carbocycles. The van der Waals surface area contributed by atoms with Gasteiger partial charge in [-0.1, -0.05) is 206 Å². The first-order valence-electron chi connectivity index (χ1n) is 44.5. The van der Waals surface area contributed by atoms with Gasteiger partial charge in [-0.25, -0.2) is 18.3 Å². The number of fused-ring (bicyclic) bond motifs is 17. The number of pyridine rings is 7. The van der Waals surface area contributed by atoms with E-state index in [1.54, 1.807) is 5.56 Å². The van der Waals surface area contributed by atoms with Gasteiger partial charge in [0.15, 0.2) is 24.8 Å². The number of nitrogens with zero attached hydrogens (tertiary/aromatic N) is 7. The molecule has 0 radical (unpaired) electrons. The Hall–Kier alpha value is -14.8. The van der Waals surface area contributed by atoms with Crippen LogP contribution in [0.4, 0.5) is 0 Å². The van der Waals surface area contributed by atoms with Gasteiger partial charge in [-0.05, 0) is 279 Å². The predicted molar refractivity (Wildman–Crippen MR) is 533 cm³/mol. The topological polar surface area (TPSA) is 45.2 Å². The van der Waals surface area contributed by atoms with Gasteiger partial charge in [0.05, 0.1) is 11.0 Å². The summed E-state index contributed by atoms with van der Waals surface area (Å²) >= 11 is 0. The Balaban J connectivity index is 0.000000104. The summed E-state index contributed by atoms with van der Waals surface area (Å²) in [4.78, 5) is 9.26. The van der Waals surface area contributed by atoms with Crippen LogP contribution < -0.4 is 22.8 Å². The Kier molecular flexibility index (Phi) is 22.4. The van der Waals surface area contributed by atoms with Crippen molar-refractivity contribution in [2.45, 2.75) is 81.1 Å². The lowest BCUT2D eigenvalue weighted by molar-refractivity contribution is -0.661. The Bertz CT molecular complexity index is 8120. The molecular weight excluding hydrogens is 1540 g/mol. The van der Waals surface area contributed by atoms with Gasteiger partial charge in [0.1, 0.15) is 35.2 Å². The molecule has 7 aromatic heterocycles. The highest BCUT2D eigenvalue weighted by atomic mass is 14.9. The smallest absolute Gasteiger partial charge is 0.213 e. The van der Waals surface area contributed by atoms with Crippen LogP contribution in [0.15, 0.2) is 359 Å². The average Bonchev–Trinajstić information content (AvgIpc) is 0.788. The zero-order chi connectivity index (χ0) is 87.3. The summed E-state index contributed by atoms with van der Waals surface area (Å²) in [5.74, 6) is 0. The standard InChI is InChI=1S/C29H26N.C25H20N.C25H24N.C21H19N2.C20H17N2/c1-19-8-7-9-20(2)29(19)24-14-15-30(4)28(17-24)26-18-27-23(16-21(26)3)13-12-22-10-5-6-11-25(22)27;1-17-15-20-12-11-18-7-3-5-9-21(18)23(20)16-22(17)25-14-13-19-8-4-6-10-24(19)26(25)2;1-17-13-20-12-11-18-7-5-6-10-22(18)24(20)15-23(17)25-14-19-8-3-4-9-21(19)16-26(25)2;1-14-8-9-21(23(3)13-14)18-11-19-17-7-5-4-6-16(17)12-22-20(19)10-15(18)2;1-14-11-19-18(16-8-4-3-7-15(16)13-21-19)12-17(14)20-9-5-6-10-22(20)2/h5-18H,1-4H3;3-16H,1-2H3;5-7,10-16H,3-4,8-9H2,1-2H3;4-13H,1-3H3;3-13H,1-2H3/q5*+1. The second-order valence-electron chi connectivity index (χ2n) is 35.0. The van der Waals surface area contributed by atoms with Crippen molar-refractivity contribution in [1.29, 1.82) is 0 Å². The zero-order valence-corrected chi connectivity index (χ0v) is 75.0. The Labute approximate surface area is 744 Å². The van der Waals surface area contributed by atoms with Gasteiger partial charge in [0.2, 0.25) is 34.0 Å². The molecule has 22 aromatic rings. The number of hydrogen-bond donors (Lipinski definition) is 0. The van der Waals surface area contributed by atoms with Crippen LogP contribution in [0.5, 0.6) is 0 Å². The molecule has 15 aromatic carbocycles. The van der Waals surface area contributed by atoms with Crippen LogP contribution in [0.25, 0.3) is 186 Å². The Morgan fingerprint density at radius 1 is 0.236 bits per heavy atom. The molecule has 127 heavy (non-hydrogen) atoms. The van der Waals surface area contributed by atoms with Gasteiger partial charge in [0.25, 0.3) is 0 Å². The monoisotopic (exact) mass is 1640 g/mol. The van der Waals surface area contributed by atoms with Crippen LogP contribution >= 0.6 is 0 Å². The highest BCUT2D eigenvalue weighted by Crippen LogP contribution is 2.40. The van der Waals surface area contributed by atoms with E-state index in [1.165, 1.54) is 251 Å². The maximum Gasteiger partial charge on any atom is 0.213 e. The molecule has 0 atom stereocenters. The van der Waals surface area contributed by atoms with Crippen molar-refractivity contribution in [3.05, 3.63) is 414 Å². The molecule has 1 aliphatic carbocycles. The quantitative estimate of drug-likeness (QED) is 0.123. The van der Waals surface area contributed by atoms with Crippen LogP contribution in [0.2, 0.25) is 0 Å². The molecule has 0 saturated heterocycles. The third-order valence-electron chi connectivity index (χ3n) is 26.5. The fourth-order valence-corrected chi connectivity index (χ4v) is 19.7. The van der Waals surface area contributed by atoms with Crippen molar-refractivity contribution in [3.8, 4) is 67.4 Å². The first-order chi connectivity index (χ1) is 61.8. The summed E-state index contributed by atoms with van der Waals surface area (Å²) in [6.07, 6.45) is 17.8. The van der Waals surface area contributed by atoms with Crippen LogP contribution in [0, 0.1) is 55.4 Å². The molecular formula is C120H106N7+5. The van der Waals surface area contributed by atoms with E-state index >= 15 is 0 Å². The van der Waals surface area contributed by atoms with Crippen LogP contribution in [-0.2, 0) is 48.1 Å². The van der Waals surface area contributed by atoms with Gasteiger partial charge >= 0.3 is 0 Å². The van der Waals surface area contributed by atoms with Crippen molar-refractivity contribution in [1.82, 2.24) is 9.97 Å². The lowest BCUT2D eigenvalue weighted by Crippen LogP contribution is -2.32. The molecule has 7 heterocycles. The average molecular weight is 1650 g/mol. The van der Waals surface area contributed by atoms with Crippen LogP contribution in [-0.4, -0.2) is 9.97 Å². The fraction of sp³-hybridized carbons (Fsp3) is 0.142. The van der Waals surface area contributed by atoms with Gasteiger partial charge in [-0.2, -0.15) is 4.57 Å². The van der Waals surface area contributed by atoms with E-state index in [9.17, 15) is 0 Å². The molecule has 0 N–H and O–H groups in total. The van der Waals surface area contributed by atoms with Gasteiger partial charge in [-0.3, -0.25) is 9.97 Å². The molecule has 0 fully saturated rings. The maximum absolute atomic E-state index is 4.63. The van der Waals surface area contributed by atoms with Crippen molar-refractivity contribution in [2.75, 3.05) is 0 Å². The van der Waals surface area contributed by atoms with E-state index in [2.05, 4.69) is 470 Å². The number of benzene rings is 15. The minimum atomic E-state index is 1.05. The fourth-order valence-electron chi connectivity index (χ4n) is 19.7. The van der Waals surface area contributed by atoms with E-state index in [0.29, 0.717) is 0 Å². The number of aryl methyl sites for hydroxylation is 15. The zero-order valence-electron chi connectivity index (χ0n) is 75.0. The molecule has 7 heteroatoms. The third kappa shape index (κ3) is 16.1. The lowest BCUT2D eigenvalue weighted by Gasteiger charge is -2.16. The largest absolute Gasteiger partial charge is 0.256 e. The van der Waals surface area contributed by atoms with Gasteiger partial charge < -0.3 is 0 Å². The number of aromatic nitrogens is 7. The summed E-state index contributed by atoms with van der Waals surface area (Å²) in [6.45, 7) is 17.5. The molecule has 23 rings (SSSR count). The summed E-state index contributed by atoms with van der Waals surface area (Å²) < 4.78 is 11.2. The SMILES string of the molecule is Cc1cc2ccc3ccccc3c2cc1-c1cc(-c2c(C)cccc2C)cc[n+]1C.Cc1cc2ccc3ccccc3c2cc1-c1cc2c(c[n+]1C)CCCC2.Cc1cc2ccc3ccccc3c2cc1-c1ccc2ccccc2[n+]1C.Cc1cc2ncc3ccccc3c2cc1-c1cccc[n+]1C.Cc1ccc(-c2cc3c(cc2C)ncc2ccccc23)[n+](C)c1. The van der Waals surface area contributed by atoms with E-state index in [-0.39, 0.29) is 0 Å². The highest BCUT2D eigenvalue weighted by Gasteiger charge is 2.25. The summed E-state index contributed by atoms with van der Waals surface area (Å²) in [5.41, 5.74) is 32.1. The molecule has 1 aliphatic rings. The summed E-state index contributed by atoms with van der Waals surface area (Å²) in [6, 6.07) is 116. The molecule has 0 bridgehead atoms. The Morgan fingerprint density at radius 3 is 1.12 bits per heavy atom. The van der Waals surface area contributed by atoms with Gasteiger partial charge in [-0.15, -0.1) is 0 Å².